The number of carbonyl (C=O) groups is 2. The predicted octanol–water partition coefficient (Wildman–Crippen LogP) is 5.30. The number of carboxylic acids is 1. The van der Waals surface area contributed by atoms with Crippen LogP contribution in [0.1, 0.15) is 38.2 Å². The van der Waals surface area contributed by atoms with Crippen LogP contribution in [-0.4, -0.2) is 29.7 Å². The van der Waals surface area contributed by atoms with Crippen molar-refractivity contribution in [2.24, 2.45) is 0 Å². The van der Waals surface area contributed by atoms with E-state index >= 15 is 0 Å². The molecule has 0 saturated heterocycles. The number of carbonyl (C=O) groups excluding carboxylic acids is 1. The Labute approximate surface area is 168 Å². The summed E-state index contributed by atoms with van der Waals surface area (Å²) in [5, 5.41) is 8.70. The van der Waals surface area contributed by atoms with Crippen molar-refractivity contribution in [2.45, 2.75) is 38.7 Å². The van der Waals surface area contributed by atoms with E-state index in [2.05, 4.69) is 0 Å². The lowest BCUT2D eigenvalue weighted by Gasteiger charge is -2.11. The van der Waals surface area contributed by atoms with Crippen molar-refractivity contribution in [1.29, 1.82) is 0 Å². The quantitative estimate of drug-likeness (QED) is 0.126. The van der Waals surface area contributed by atoms with Gasteiger partial charge in [-0.1, -0.05) is 18.9 Å². The molecule has 26 heavy (non-hydrogen) atoms. The lowest BCUT2D eigenvalue weighted by molar-refractivity contribution is -0.134. The van der Waals surface area contributed by atoms with Gasteiger partial charge in [-0.15, -0.1) is 33.2 Å². The lowest BCUT2D eigenvalue weighted by Crippen LogP contribution is -2.10. The maximum atomic E-state index is 12.0. The molecule has 0 fully saturated rings. The number of unbranched alkanes of at least 4 members (excludes halogenated alkanes) is 2. The Morgan fingerprint density at radius 1 is 1.15 bits per heavy atom. The average Bonchev–Trinajstić information content (AvgIpc) is 2.53. The molecule has 0 aromatic heterocycles. The van der Waals surface area contributed by atoms with Crippen LogP contribution in [-0.2, 0) is 9.59 Å². The van der Waals surface area contributed by atoms with Crippen molar-refractivity contribution < 1.29 is 24.2 Å². The van der Waals surface area contributed by atoms with Crippen molar-refractivity contribution in [2.75, 3.05) is 6.61 Å². The second kappa shape index (κ2) is 11.5. The summed E-state index contributed by atoms with van der Waals surface area (Å²) in [6.07, 6.45) is 4.83. The first-order valence-electron chi connectivity index (χ1n) is 8.16. The molecule has 1 rings (SSSR count). The fraction of sp³-hybridized carbons (Fsp3) is 0.412. The number of rotatable bonds is 11. The Hall–Kier alpha value is -1.21. The van der Waals surface area contributed by atoms with Crippen molar-refractivity contribution >= 4 is 57.3 Å². The summed E-state index contributed by atoms with van der Waals surface area (Å²) in [5.74, 6) is -0.764. The van der Waals surface area contributed by atoms with Crippen molar-refractivity contribution in [3.05, 3.63) is 29.8 Å². The summed E-state index contributed by atoms with van der Waals surface area (Å²) in [6.45, 7) is 2.23. The van der Waals surface area contributed by atoms with Gasteiger partial charge in [-0.2, -0.15) is 0 Å². The maximum Gasteiger partial charge on any atom is 0.341 e. The highest BCUT2D eigenvalue weighted by molar-refractivity contribution is 7.64. The molecule has 0 unspecified atom stereocenters. The largest absolute Gasteiger partial charge is 0.490 e. The third-order valence-electron chi connectivity index (χ3n) is 3.25. The van der Waals surface area contributed by atoms with Gasteiger partial charge in [0.25, 0.3) is 0 Å². The molecule has 5 nitrogen and oxygen atoms in total. The highest BCUT2D eigenvalue weighted by Crippen LogP contribution is 2.30. The second-order valence-corrected chi connectivity index (χ2v) is 14.7. The van der Waals surface area contributed by atoms with Crippen LogP contribution in [0.3, 0.4) is 0 Å². The third-order valence-corrected chi connectivity index (χ3v) is 5.87. The van der Waals surface area contributed by atoms with Gasteiger partial charge in [0.15, 0.2) is 11.5 Å². The Bertz CT molecular complexity index is 644. The van der Waals surface area contributed by atoms with Crippen LogP contribution in [0.2, 0.25) is 6.04 Å². The van der Waals surface area contributed by atoms with Gasteiger partial charge in [0.05, 0.1) is 6.61 Å². The third kappa shape index (κ3) is 10.1. The van der Waals surface area contributed by atoms with Gasteiger partial charge < -0.3 is 14.6 Å². The molecule has 0 aliphatic rings. The minimum atomic E-state index is -2.60. The molecule has 1 aromatic rings. The van der Waals surface area contributed by atoms with Gasteiger partial charge in [0, 0.05) is 12.5 Å². The monoisotopic (exact) mass is 438 g/mol. The van der Waals surface area contributed by atoms with Crippen LogP contribution in [0.5, 0.6) is 11.5 Å². The molecule has 0 heterocycles. The number of benzene rings is 1. The van der Waals surface area contributed by atoms with Gasteiger partial charge in [-0.05, 0) is 43.2 Å². The SMILES string of the molecule is CCOc1ccc(C=CC(=O)O)cc1OC(=O)CCCCC[Si](Cl)(Cl)Cl. The molecule has 144 valence electrons. The van der Waals surface area contributed by atoms with Gasteiger partial charge in [0.2, 0.25) is 0 Å². The van der Waals surface area contributed by atoms with Gasteiger partial charge in [0.1, 0.15) is 0 Å². The fourth-order valence-electron chi connectivity index (χ4n) is 2.10. The Morgan fingerprint density at radius 3 is 2.50 bits per heavy atom. The van der Waals surface area contributed by atoms with Crippen LogP contribution in [0, 0.1) is 0 Å². The zero-order valence-electron chi connectivity index (χ0n) is 14.3. The molecular weight excluding hydrogens is 419 g/mol. The molecule has 9 heteroatoms. The van der Waals surface area contributed by atoms with E-state index < -0.39 is 17.9 Å². The van der Waals surface area contributed by atoms with E-state index in [9.17, 15) is 9.59 Å². The number of hydrogen-bond donors (Lipinski definition) is 1. The Balaban J connectivity index is 2.63. The normalized spacial score (nSPS) is 11.5. The summed E-state index contributed by atoms with van der Waals surface area (Å²) in [5.41, 5.74) is 0.589. The molecule has 0 atom stereocenters. The van der Waals surface area contributed by atoms with Crippen LogP contribution < -0.4 is 9.47 Å². The molecule has 0 aliphatic carbocycles. The summed E-state index contributed by atoms with van der Waals surface area (Å²) in [7, 11) is 0. The molecule has 0 radical (unpaired) electrons. The van der Waals surface area contributed by atoms with Crippen LogP contribution in [0.25, 0.3) is 6.08 Å². The summed E-state index contributed by atoms with van der Waals surface area (Å²) < 4.78 is 10.8. The topological polar surface area (TPSA) is 72.8 Å². The van der Waals surface area contributed by atoms with E-state index in [0.29, 0.717) is 30.4 Å². The minimum Gasteiger partial charge on any atom is -0.490 e. The maximum absolute atomic E-state index is 12.0. The van der Waals surface area contributed by atoms with E-state index in [0.717, 1.165) is 18.9 Å². The number of ether oxygens (including phenoxy) is 2. The second-order valence-electron chi connectivity index (χ2n) is 5.46. The molecule has 1 N–H and O–H groups in total. The zero-order valence-corrected chi connectivity index (χ0v) is 17.6. The van der Waals surface area contributed by atoms with Crippen LogP contribution in [0.4, 0.5) is 0 Å². The van der Waals surface area contributed by atoms with Crippen LogP contribution >= 0.6 is 33.2 Å². The summed E-state index contributed by atoms with van der Waals surface area (Å²) in [6, 6.07) is 2.86. The molecule has 1 aromatic carbocycles. The van der Waals surface area contributed by atoms with Crippen molar-refractivity contribution in [3.63, 3.8) is 0 Å². The zero-order chi connectivity index (χ0) is 19.6. The fourth-order valence-corrected chi connectivity index (χ4v) is 3.95. The number of hydrogen-bond acceptors (Lipinski definition) is 4. The summed E-state index contributed by atoms with van der Waals surface area (Å²) >= 11 is 17.4. The standard InChI is InChI=1S/C17H21Cl3O5Si/c1-2-24-14-9-7-13(8-10-16(21)22)12-15(14)25-17(23)6-4-3-5-11-26(18,19)20/h7-10,12H,2-6,11H2,1H3,(H,21,22). The number of aliphatic carboxylic acids is 1. The highest BCUT2D eigenvalue weighted by atomic mass is 35.8. The Morgan fingerprint density at radius 2 is 1.88 bits per heavy atom. The van der Waals surface area contributed by atoms with E-state index in [-0.39, 0.29) is 12.2 Å². The van der Waals surface area contributed by atoms with E-state index in [4.69, 9.17) is 47.8 Å². The highest BCUT2D eigenvalue weighted by Gasteiger charge is 2.23. The molecule has 0 spiro atoms. The van der Waals surface area contributed by atoms with Gasteiger partial charge in [-0.25, -0.2) is 4.79 Å². The first-order valence-corrected chi connectivity index (χ1v) is 13.4. The molecule has 0 aliphatic heterocycles. The molecular formula is C17H21Cl3O5Si. The first-order chi connectivity index (χ1) is 12.2. The Kier molecular flexibility index (Phi) is 10.1. The molecule has 0 amide bonds. The smallest absolute Gasteiger partial charge is 0.341 e. The average molecular weight is 440 g/mol. The van der Waals surface area contributed by atoms with E-state index in [1.807, 2.05) is 6.92 Å². The minimum absolute atomic E-state index is 0.238. The number of halogens is 3. The first kappa shape index (κ1) is 22.8. The van der Waals surface area contributed by atoms with E-state index in [1.54, 1.807) is 18.2 Å². The predicted molar refractivity (Wildman–Crippen MR) is 107 cm³/mol. The summed E-state index contributed by atoms with van der Waals surface area (Å²) in [4.78, 5) is 22.7. The van der Waals surface area contributed by atoms with Crippen molar-refractivity contribution in [3.8, 4) is 11.5 Å². The number of esters is 1. The number of carboxylic acid groups (broad SMARTS) is 1. The molecule has 0 saturated carbocycles. The molecule has 0 bridgehead atoms. The van der Waals surface area contributed by atoms with Crippen molar-refractivity contribution in [1.82, 2.24) is 0 Å². The van der Waals surface area contributed by atoms with E-state index in [1.165, 1.54) is 6.08 Å². The van der Waals surface area contributed by atoms with Gasteiger partial charge >= 0.3 is 17.9 Å². The van der Waals surface area contributed by atoms with Crippen LogP contribution in [0.15, 0.2) is 24.3 Å². The van der Waals surface area contributed by atoms with Gasteiger partial charge in [-0.3, -0.25) is 4.79 Å². The lowest BCUT2D eigenvalue weighted by atomic mass is 10.2.